The third kappa shape index (κ3) is 2.71. The van der Waals surface area contributed by atoms with E-state index < -0.39 is 0 Å². The molecule has 4 atom stereocenters. The lowest BCUT2D eigenvalue weighted by Gasteiger charge is -2.33. The monoisotopic (exact) mass is 273 g/mol. The number of aromatic hydroxyl groups is 1. The quantitative estimate of drug-likeness (QED) is 0.868. The molecule has 110 valence electrons. The van der Waals surface area contributed by atoms with Crippen LogP contribution in [-0.2, 0) is 0 Å². The number of phenolic OH excluding ortho intramolecular Hbond substituents is 1. The maximum Gasteiger partial charge on any atom is 0.115 e. The normalized spacial score (nSPS) is 30.1. The van der Waals surface area contributed by atoms with Crippen LogP contribution < -0.4 is 0 Å². The fourth-order valence-electron chi connectivity index (χ4n) is 4.60. The van der Waals surface area contributed by atoms with Gasteiger partial charge in [-0.05, 0) is 68.2 Å². The largest absolute Gasteiger partial charge is 0.508 e. The van der Waals surface area contributed by atoms with E-state index in [9.17, 15) is 5.11 Å². The molecule has 1 aromatic rings. The van der Waals surface area contributed by atoms with Crippen LogP contribution in [0.4, 0.5) is 0 Å². The van der Waals surface area contributed by atoms with Crippen molar-refractivity contribution in [3.8, 4) is 5.75 Å². The van der Waals surface area contributed by atoms with E-state index in [1.807, 2.05) is 12.1 Å². The van der Waals surface area contributed by atoms with Gasteiger partial charge in [-0.2, -0.15) is 0 Å². The Labute approximate surface area is 122 Å². The minimum absolute atomic E-state index is 0.361. The summed E-state index contributed by atoms with van der Waals surface area (Å²) in [5.41, 5.74) is 1.33. The van der Waals surface area contributed by atoms with Crippen LogP contribution in [0.3, 0.4) is 0 Å². The maximum atomic E-state index is 9.44. The van der Waals surface area contributed by atoms with Gasteiger partial charge in [0.05, 0.1) is 0 Å². The number of rotatable bonds is 5. The van der Waals surface area contributed by atoms with Gasteiger partial charge >= 0.3 is 0 Å². The van der Waals surface area contributed by atoms with Crippen LogP contribution in [0.15, 0.2) is 24.3 Å². The first kappa shape index (κ1) is 13.9. The number of hydrogen-bond donors (Lipinski definition) is 1. The smallest absolute Gasteiger partial charge is 0.115 e. The Morgan fingerprint density at radius 3 is 2.50 bits per heavy atom. The molecule has 2 aliphatic carbocycles. The van der Waals surface area contributed by atoms with Crippen molar-refractivity contribution >= 4 is 0 Å². The van der Waals surface area contributed by atoms with Crippen LogP contribution in [0.1, 0.15) is 50.6 Å². The average molecular weight is 273 g/mol. The lowest BCUT2D eigenvalue weighted by atomic mass is 9.88. The average Bonchev–Trinajstić information content (AvgIpc) is 3.04. The summed E-state index contributed by atoms with van der Waals surface area (Å²) in [5.74, 6) is 3.32. The molecule has 0 radical (unpaired) electrons. The van der Waals surface area contributed by atoms with Gasteiger partial charge in [-0.3, -0.25) is 4.90 Å². The number of hydrogen-bond acceptors (Lipinski definition) is 2. The van der Waals surface area contributed by atoms with Crippen LogP contribution in [0, 0.1) is 17.8 Å². The second kappa shape index (κ2) is 5.77. The van der Waals surface area contributed by atoms with Crippen molar-refractivity contribution in [2.75, 3.05) is 13.6 Å². The molecule has 20 heavy (non-hydrogen) atoms. The van der Waals surface area contributed by atoms with E-state index in [4.69, 9.17) is 0 Å². The van der Waals surface area contributed by atoms with Gasteiger partial charge in [-0.15, -0.1) is 0 Å². The lowest BCUT2D eigenvalue weighted by molar-refractivity contribution is 0.169. The molecule has 2 nitrogen and oxygen atoms in total. The zero-order chi connectivity index (χ0) is 14.1. The third-order valence-electron chi connectivity index (χ3n) is 5.60. The van der Waals surface area contributed by atoms with Crippen molar-refractivity contribution in [3.05, 3.63) is 29.8 Å². The third-order valence-corrected chi connectivity index (χ3v) is 5.60. The van der Waals surface area contributed by atoms with Crippen LogP contribution in [-0.4, -0.2) is 23.6 Å². The highest BCUT2D eigenvalue weighted by Crippen LogP contribution is 2.48. The van der Waals surface area contributed by atoms with Crippen molar-refractivity contribution in [2.24, 2.45) is 17.8 Å². The summed E-state index contributed by atoms with van der Waals surface area (Å²) in [7, 11) is 2.27. The zero-order valence-electron chi connectivity index (χ0n) is 12.8. The van der Waals surface area contributed by atoms with Crippen LogP contribution in [0.25, 0.3) is 0 Å². The van der Waals surface area contributed by atoms with E-state index in [-0.39, 0.29) is 0 Å². The highest BCUT2D eigenvalue weighted by Gasteiger charge is 2.40. The number of benzene rings is 1. The van der Waals surface area contributed by atoms with Gasteiger partial charge in [0.25, 0.3) is 0 Å². The van der Waals surface area contributed by atoms with Gasteiger partial charge in [0.2, 0.25) is 0 Å². The minimum atomic E-state index is 0.361. The molecule has 1 N–H and O–H groups in total. The molecule has 3 rings (SSSR count). The Bertz CT molecular complexity index is 441. The predicted octanol–water partition coefficient (Wildman–Crippen LogP) is 4.21. The van der Waals surface area contributed by atoms with E-state index in [1.165, 1.54) is 37.8 Å². The summed E-state index contributed by atoms with van der Waals surface area (Å²) in [5, 5.41) is 9.44. The minimum Gasteiger partial charge on any atom is -0.508 e. The van der Waals surface area contributed by atoms with E-state index in [1.54, 1.807) is 0 Å². The molecule has 0 saturated heterocycles. The molecular formula is C18H27NO. The summed E-state index contributed by atoms with van der Waals surface area (Å²) < 4.78 is 0. The van der Waals surface area contributed by atoms with Gasteiger partial charge in [0.1, 0.15) is 5.75 Å². The van der Waals surface area contributed by atoms with Crippen molar-refractivity contribution in [1.82, 2.24) is 4.90 Å². The Morgan fingerprint density at radius 1 is 1.20 bits per heavy atom. The van der Waals surface area contributed by atoms with E-state index in [0.29, 0.717) is 11.8 Å². The lowest BCUT2D eigenvalue weighted by Crippen LogP contribution is -2.31. The van der Waals surface area contributed by atoms with Crippen molar-refractivity contribution in [2.45, 2.75) is 45.1 Å². The van der Waals surface area contributed by atoms with Gasteiger partial charge in [0, 0.05) is 12.6 Å². The summed E-state index contributed by atoms with van der Waals surface area (Å²) >= 11 is 0. The fourth-order valence-corrected chi connectivity index (χ4v) is 4.60. The first-order chi connectivity index (χ1) is 9.67. The molecule has 4 unspecified atom stereocenters. The van der Waals surface area contributed by atoms with Crippen molar-refractivity contribution < 1.29 is 5.11 Å². The molecule has 2 bridgehead atoms. The topological polar surface area (TPSA) is 23.5 Å². The molecule has 2 fully saturated rings. The second-order valence-corrected chi connectivity index (χ2v) is 6.89. The van der Waals surface area contributed by atoms with Crippen LogP contribution >= 0.6 is 0 Å². The molecule has 0 aliphatic heterocycles. The van der Waals surface area contributed by atoms with Crippen LogP contribution in [0.5, 0.6) is 5.75 Å². The summed E-state index contributed by atoms with van der Waals surface area (Å²) in [6, 6.07) is 8.24. The molecular weight excluding hydrogens is 246 g/mol. The number of phenols is 1. The number of fused-ring (bicyclic) bond motifs is 2. The Kier molecular flexibility index (Phi) is 4.02. The highest BCUT2D eigenvalue weighted by atomic mass is 16.3. The molecule has 2 saturated carbocycles. The van der Waals surface area contributed by atoms with Crippen LogP contribution in [0.2, 0.25) is 0 Å². The van der Waals surface area contributed by atoms with E-state index in [2.05, 4.69) is 31.0 Å². The zero-order valence-corrected chi connectivity index (χ0v) is 12.8. The molecule has 0 spiro atoms. The predicted molar refractivity (Wildman–Crippen MR) is 82.7 cm³/mol. The molecule has 2 heteroatoms. The van der Waals surface area contributed by atoms with Gasteiger partial charge < -0.3 is 5.11 Å². The Hall–Kier alpha value is -1.02. The van der Waals surface area contributed by atoms with E-state index in [0.717, 1.165) is 24.2 Å². The van der Waals surface area contributed by atoms with Gasteiger partial charge in [0.15, 0.2) is 0 Å². The summed E-state index contributed by atoms with van der Waals surface area (Å²) in [4.78, 5) is 2.54. The Balaban J connectivity index is 1.65. The van der Waals surface area contributed by atoms with E-state index >= 15 is 0 Å². The molecule has 0 heterocycles. The van der Waals surface area contributed by atoms with Gasteiger partial charge in [-0.25, -0.2) is 0 Å². The molecule has 0 aromatic heterocycles. The SMILES string of the molecule is CCC(c1ccc(O)cc1)N(C)CC1CC2CCC1C2. The summed E-state index contributed by atoms with van der Waals surface area (Å²) in [6.07, 6.45) is 7.04. The first-order valence-corrected chi connectivity index (χ1v) is 8.16. The highest BCUT2D eigenvalue weighted by molar-refractivity contribution is 5.28. The Morgan fingerprint density at radius 2 is 1.95 bits per heavy atom. The van der Waals surface area contributed by atoms with Crippen molar-refractivity contribution in [1.29, 1.82) is 0 Å². The fraction of sp³-hybridized carbons (Fsp3) is 0.667. The maximum absolute atomic E-state index is 9.44. The summed E-state index contributed by atoms with van der Waals surface area (Å²) in [6.45, 7) is 3.50. The standard InChI is InChI=1S/C18H27NO/c1-3-18(14-6-8-17(20)9-7-14)19(2)12-16-11-13-4-5-15(16)10-13/h6-9,13,15-16,18,20H,3-5,10-12H2,1-2H3. The molecule has 0 amide bonds. The molecule has 1 aromatic carbocycles. The number of nitrogens with zero attached hydrogens (tertiary/aromatic N) is 1. The first-order valence-electron chi connectivity index (χ1n) is 8.16. The van der Waals surface area contributed by atoms with Crippen molar-refractivity contribution in [3.63, 3.8) is 0 Å². The second-order valence-electron chi connectivity index (χ2n) is 6.89. The molecule has 2 aliphatic rings. The van der Waals surface area contributed by atoms with Gasteiger partial charge in [-0.1, -0.05) is 25.5 Å².